The van der Waals surface area contributed by atoms with Gasteiger partial charge >= 0.3 is 0 Å². The maximum Gasteiger partial charge on any atom is 0.0162 e. The highest BCUT2D eigenvalue weighted by molar-refractivity contribution is 4.71. The fourth-order valence-electron chi connectivity index (χ4n) is 2.83. The minimum Gasteiger partial charge on any atom is -0.327 e. The summed E-state index contributed by atoms with van der Waals surface area (Å²) in [5.41, 5.74) is 6.00. The number of hydrogen-bond donors (Lipinski definition) is 2. The second-order valence-electron chi connectivity index (χ2n) is 6.03. The second-order valence-corrected chi connectivity index (χ2v) is 6.03. The highest BCUT2D eigenvalue weighted by Gasteiger charge is 2.10. The number of nitrogens with two attached hydrogens (primary N) is 1. The minimum atomic E-state index is 0.339. The summed E-state index contributed by atoms with van der Waals surface area (Å²) in [4.78, 5) is 0. The van der Waals surface area contributed by atoms with E-state index >= 15 is 0 Å². The Labute approximate surface area is 114 Å². The van der Waals surface area contributed by atoms with E-state index < -0.39 is 0 Å². The predicted octanol–water partition coefficient (Wildman–Crippen LogP) is 3.99. The normalized spacial score (nSPS) is 23.0. The molecule has 1 aliphatic rings. The van der Waals surface area contributed by atoms with Crippen LogP contribution in [0.5, 0.6) is 0 Å². The zero-order chi connectivity index (χ0) is 13.1. The van der Waals surface area contributed by atoms with Crippen molar-refractivity contribution in [3.8, 4) is 0 Å². The standard InChI is InChI=1S/C16H34N2/c1-2-15(17)14-18-16-12-10-8-6-4-3-5-7-9-11-13-16/h15-16,18H,2-14,17H2,1H3. The Morgan fingerprint density at radius 2 is 1.33 bits per heavy atom. The van der Waals surface area contributed by atoms with E-state index in [1.54, 1.807) is 0 Å². The van der Waals surface area contributed by atoms with Crippen LogP contribution in [-0.2, 0) is 0 Å². The highest BCUT2D eigenvalue weighted by atomic mass is 14.9. The first-order valence-electron chi connectivity index (χ1n) is 8.32. The molecule has 2 nitrogen and oxygen atoms in total. The van der Waals surface area contributed by atoms with Crippen molar-refractivity contribution in [2.24, 2.45) is 5.73 Å². The summed E-state index contributed by atoms with van der Waals surface area (Å²) >= 11 is 0. The van der Waals surface area contributed by atoms with Gasteiger partial charge in [-0.3, -0.25) is 0 Å². The van der Waals surface area contributed by atoms with E-state index in [2.05, 4.69) is 12.2 Å². The van der Waals surface area contributed by atoms with E-state index in [1.165, 1.54) is 70.6 Å². The summed E-state index contributed by atoms with van der Waals surface area (Å²) in [5, 5.41) is 3.70. The van der Waals surface area contributed by atoms with Crippen molar-refractivity contribution in [1.82, 2.24) is 5.32 Å². The third-order valence-electron chi connectivity index (χ3n) is 4.30. The molecule has 1 rings (SSSR count). The smallest absolute Gasteiger partial charge is 0.0162 e. The van der Waals surface area contributed by atoms with Crippen LogP contribution < -0.4 is 11.1 Å². The molecule has 0 heterocycles. The van der Waals surface area contributed by atoms with Crippen molar-refractivity contribution in [3.05, 3.63) is 0 Å². The molecular formula is C16H34N2. The molecule has 1 aliphatic carbocycles. The van der Waals surface area contributed by atoms with Crippen LogP contribution in [0.1, 0.15) is 84.0 Å². The molecule has 0 amide bonds. The van der Waals surface area contributed by atoms with Crippen LogP contribution in [0.4, 0.5) is 0 Å². The van der Waals surface area contributed by atoms with Gasteiger partial charge in [-0.1, -0.05) is 64.7 Å². The lowest BCUT2D eigenvalue weighted by atomic mass is 9.98. The molecule has 0 aromatic heterocycles. The van der Waals surface area contributed by atoms with Gasteiger partial charge < -0.3 is 11.1 Å². The highest BCUT2D eigenvalue weighted by Crippen LogP contribution is 2.16. The van der Waals surface area contributed by atoms with Crippen LogP contribution >= 0.6 is 0 Å². The Kier molecular flexibility index (Phi) is 9.59. The molecule has 108 valence electrons. The fraction of sp³-hybridized carbons (Fsp3) is 1.00. The van der Waals surface area contributed by atoms with Crippen LogP contribution in [0, 0.1) is 0 Å². The average Bonchev–Trinajstić information content (AvgIpc) is 2.37. The Hall–Kier alpha value is -0.0800. The van der Waals surface area contributed by atoms with Gasteiger partial charge in [-0.15, -0.1) is 0 Å². The lowest BCUT2D eigenvalue weighted by molar-refractivity contribution is 0.391. The summed E-state index contributed by atoms with van der Waals surface area (Å²) in [6.45, 7) is 3.18. The van der Waals surface area contributed by atoms with Gasteiger partial charge in [0, 0.05) is 18.6 Å². The summed E-state index contributed by atoms with van der Waals surface area (Å²) in [7, 11) is 0. The molecule has 3 N–H and O–H groups in total. The SMILES string of the molecule is CCC(N)CNC1CCCCCCCCCCC1. The quantitative estimate of drug-likeness (QED) is 0.796. The lowest BCUT2D eigenvalue weighted by Gasteiger charge is -2.21. The third-order valence-corrected chi connectivity index (χ3v) is 4.30. The van der Waals surface area contributed by atoms with Crippen molar-refractivity contribution in [2.75, 3.05) is 6.54 Å². The number of rotatable bonds is 4. The Balaban J connectivity index is 2.23. The molecule has 0 aromatic rings. The molecule has 0 aromatic carbocycles. The number of nitrogens with one attached hydrogen (secondary N) is 1. The van der Waals surface area contributed by atoms with Crippen molar-refractivity contribution >= 4 is 0 Å². The fourth-order valence-corrected chi connectivity index (χ4v) is 2.83. The van der Waals surface area contributed by atoms with Crippen LogP contribution in [0.3, 0.4) is 0 Å². The first-order valence-corrected chi connectivity index (χ1v) is 8.32. The zero-order valence-electron chi connectivity index (χ0n) is 12.4. The molecule has 0 aliphatic heterocycles. The molecule has 0 bridgehead atoms. The second kappa shape index (κ2) is 10.8. The van der Waals surface area contributed by atoms with Crippen molar-refractivity contribution in [3.63, 3.8) is 0 Å². The van der Waals surface area contributed by atoms with E-state index in [1.807, 2.05) is 0 Å². The summed E-state index contributed by atoms with van der Waals surface area (Å²) in [6.07, 6.45) is 16.7. The van der Waals surface area contributed by atoms with Crippen LogP contribution in [0.2, 0.25) is 0 Å². The molecule has 0 saturated heterocycles. The Morgan fingerprint density at radius 1 is 0.889 bits per heavy atom. The summed E-state index contributed by atoms with van der Waals surface area (Å²) in [6, 6.07) is 1.06. The first kappa shape index (κ1) is 16.0. The minimum absolute atomic E-state index is 0.339. The van der Waals surface area contributed by atoms with Crippen molar-refractivity contribution in [1.29, 1.82) is 0 Å². The molecule has 1 atom stereocenters. The van der Waals surface area contributed by atoms with Crippen molar-refractivity contribution in [2.45, 2.75) is 96.1 Å². The Morgan fingerprint density at radius 3 is 1.78 bits per heavy atom. The molecule has 0 spiro atoms. The van der Waals surface area contributed by atoms with Gasteiger partial charge in [-0.25, -0.2) is 0 Å². The summed E-state index contributed by atoms with van der Waals surface area (Å²) in [5.74, 6) is 0. The Bertz CT molecular complexity index is 170. The molecule has 1 saturated carbocycles. The molecule has 1 fully saturated rings. The van der Waals surface area contributed by atoms with Crippen LogP contribution in [-0.4, -0.2) is 18.6 Å². The van der Waals surface area contributed by atoms with Gasteiger partial charge in [0.15, 0.2) is 0 Å². The van der Waals surface area contributed by atoms with E-state index in [0.29, 0.717) is 6.04 Å². The van der Waals surface area contributed by atoms with Crippen LogP contribution in [0.15, 0.2) is 0 Å². The van der Waals surface area contributed by atoms with E-state index in [4.69, 9.17) is 5.73 Å². The molecular weight excluding hydrogens is 220 g/mol. The third kappa shape index (κ3) is 8.10. The largest absolute Gasteiger partial charge is 0.327 e. The maximum atomic E-state index is 6.00. The zero-order valence-corrected chi connectivity index (χ0v) is 12.4. The van der Waals surface area contributed by atoms with Gasteiger partial charge in [0.05, 0.1) is 0 Å². The maximum absolute atomic E-state index is 6.00. The van der Waals surface area contributed by atoms with Gasteiger partial charge in [0.1, 0.15) is 0 Å². The van der Waals surface area contributed by atoms with Gasteiger partial charge in [-0.2, -0.15) is 0 Å². The van der Waals surface area contributed by atoms with Gasteiger partial charge in [-0.05, 0) is 19.3 Å². The molecule has 1 unspecified atom stereocenters. The lowest BCUT2D eigenvalue weighted by Crippen LogP contribution is -2.39. The predicted molar refractivity (Wildman–Crippen MR) is 80.8 cm³/mol. The molecule has 18 heavy (non-hydrogen) atoms. The van der Waals surface area contributed by atoms with Crippen LogP contribution in [0.25, 0.3) is 0 Å². The van der Waals surface area contributed by atoms with Gasteiger partial charge in [0.25, 0.3) is 0 Å². The molecule has 0 radical (unpaired) electrons. The number of hydrogen-bond acceptors (Lipinski definition) is 2. The first-order chi connectivity index (χ1) is 8.83. The van der Waals surface area contributed by atoms with Gasteiger partial charge in [0.2, 0.25) is 0 Å². The van der Waals surface area contributed by atoms with Crippen molar-refractivity contribution < 1.29 is 0 Å². The molecule has 2 heteroatoms. The van der Waals surface area contributed by atoms with E-state index in [-0.39, 0.29) is 0 Å². The topological polar surface area (TPSA) is 38.0 Å². The van der Waals surface area contributed by atoms with E-state index in [0.717, 1.165) is 19.0 Å². The summed E-state index contributed by atoms with van der Waals surface area (Å²) < 4.78 is 0. The monoisotopic (exact) mass is 254 g/mol. The van der Waals surface area contributed by atoms with E-state index in [9.17, 15) is 0 Å². The average molecular weight is 254 g/mol.